The molecule has 1 aliphatic heterocycles. The van der Waals surface area contributed by atoms with Crippen molar-refractivity contribution in [1.29, 1.82) is 0 Å². The number of rotatable bonds is 3. The van der Waals surface area contributed by atoms with E-state index in [-0.39, 0.29) is 11.9 Å². The molecule has 6 heteroatoms. The highest BCUT2D eigenvalue weighted by Crippen LogP contribution is 2.26. The van der Waals surface area contributed by atoms with E-state index in [4.69, 9.17) is 27.9 Å². The van der Waals surface area contributed by atoms with Crippen LogP contribution in [0.4, 0.5) is 0 Å². The van der Waals surface area contributed by atoms with Crippen molar-refractivity contribution in [3.8, 4) is 0 Å². The van der Waals surface area contributed by atoms with E-state index in [1.807, 2.05) is 0 Å². The number of ether oxygens (including phenoxy) is 1. The molecule has 1 aromatic heterocycles. The van der Waals surface area contributed by atoms with Gasteiger partial charge in [0.25, 0.3) is 0 Å². The maximum atomic E-state index is 11.4. The number of hydrogen-bond donors (Lipinski definition) is 0. The zero-order valence-corrected chi connectivity index (χ0v) is 12.2. The summed E-state index contributed by atoms with van der Waals surface area (Å²) in [7, 11) is 1.43. The maximum Gasteiger partial charge on any atom is 0.308 e. The van der Waals surface area contributed by atoms with E-state index in [2.05, 4.69) is 9.88 Å². The van der Waals surface area contributed by atoms with E-state index < -0.39 is 0 Å². The molecule has 0 radical (unpaired) electrons. The highest BCUT2D eigenvalue weighted by Gasteiger charge is 2.26. The molecule has 2 heterocycles. The molecule has 0 unspecified atom stereocenters. The van der Waals surface area contributed by atoms with Crippen molar-refractivity contribution in [2.45, 2.75) is 19.4 Å². The molecule has 1 aliphatic rings. The zero-order valence-electron chi connectivity index (χ0n) is 10.7. The van der Waals surface area contributed by atoms with Gasteiger partial charge in [0.1, 0.15) is 5.15 Å². The second kappa shape index (κ2) is 6.55. The molecule has 0 aliphatic carbocycles. The first-order valence-electron chi connectivity index (χ1n) is 6.21. The number of pyridine rings is 1. The average molecular weight is 303 g/mol. The maximum absolute atomic E-state index is 11.4. The molecule has 0 bridgehead atoms. The predicted molar refractivity (Wildman–Crippen MR) is 74.3 cm³/mol. The summed E-state index contributed by atoms with van der Waals surface area (Å²) in [5.41, 5.74) is 0.849. The molecule has 0 saturated carbocycles. The SMILES string of the molecule is COC(=O)C1CCN(Cc2c(Cl)ccnc2Cl)CC1. The van der Waals surface area contributed by atoms with Gasteiger partial charge in [-0.15, -0.1) is 0 Å². The fourth-order valence-corrected chi connectivity index (χ4v) is 2.77. The summed E-state index contributed by atoms with van der Waals surface area (Å²) in [5.74, 6) is -0.0989. The lowest BCUT2D eigenvalue weighted by molar-refractivity contribution is -0.147. The van der Waals surface area contributed by atoms with Gasteiger partial charge in [0.05, 0.1) is 13.0 Å². The molecular weight excluding hydrogens is 287 g/mol. The van der Waals surface area contributed by atoms with E-state index in [1.165, 1.54) is 7.11 Å². The third-order valence-electron chi connectivity index (χ3n) is 3.45. The van der Waals surface area contributed by atoms with Crippen molar-refractivity contribution >= 4 is 29.2 Å². The number of carbonyl (C=O) groups excluding carboxylic acids is 1. The lowest BCUT2D eigenvalue weighted by Crippen LogP contribution is -2.36. The van der Waals surface area contributed by atoms with Gasteiger partial charge >= 0.3 is 5.97 Å². The standard InChI is InChI=1S/C13H16Cl2N2O2/c1-19-13(18)9-3-6-17(7-4-9)8-10-11(14)2-5-16-12(10)15/h2,5,9H,3-4,6-8H2,1H3. The first kappa shape index (κ1) is 14.6. The first-order chi connectivity index (χ1) is 9.11. The molecule has 1 saturated heterocycles. The molecule has 1 fully saturated rings. The average Bonchev–Trinajstić information content (AvgIpc) is 2.43. The van der Waals surface area contributed by atoms with Gasteiger partial charge in [0.15, 0.2) is 0 Å². The molecule has 0 aromatic carbocycles. The van der Waals surface area contributed by atoms with E-state index in [0.29, 0.717) is 16.7 Å². The Balaban J connectivity index is 1.94. The molecule has 1 aromatic rings. The van der Waals surface area contributed by atoms with Gasteiger partial charge in [-0.2, -0.15) is 0 Å². The van der Waals surface area contributed by atoms with Crippen LogP contribution >= 0.6 is 23.2 Å². The second-order valence-corrected chi connectivity index (χ2v) is 5.40. The van der Waals surface area contributed by atoms with Gasteiger partial charge in [-0.25, -0.2) is 4.98 Å². The Kier molecular flexibility index (Phi) is 5.02. The Bertz CT molecular complexity index is 440. The van der Waals surface area contributed by atoms with E-state index >= 15 is 0 Å². The molecular formula is C13H16Cl2N2O2. The third kappa shape index (κ3) is 3.59. The number of halogens is 2. The molecule has 0 atom stereocenters. The summed E-state index contributed by atoms with van der Waals surface area (Å²) < 4.78 is 4.77. The topological polar surface area (TPSA) is 42.4 Å². The van der Waals surface area contributed by atoms with Crippen LogP contribution in [0.15, 0.2) is 12.3 Å². The summed E-state index contributed by atoms with van der Waals surface area (Å²) in [6.45, 7) is 2.34. The Hall–Kier alpha value is -0.840. The van der Waals surface area contributed by atoms with Crippen molar-refractivity contribution in [1.82, 2.24) is 9.88 Å². The first-order valence-corrected chi connectivity index (χ1v) is 6.96. The molecule has 4 nitrogen and oxygen atoms in total. The largest absolute Gasteiger partial charge is 0.469 e. The van der Waals surface area contributed by atoms with Crippen molar-refractivity contribution in [3.63, 3.8) is 0 Å². The normalized spacial score (nSPS) is 17.4. The summed E-state index contributed by atoms with van der Waals surface area (Å²) in [4.78, 5) is 17.7. The fourth-order valence-electron chi connectivity index (χ4n) is 2.30. The van der Waals surface area contributed by atoms with Gasteiger partial charge in [-0.3, -0.25) is 9.69 Å². The van der Waals surface area contributed by atoms with Crippen LogP contribution < -0.4 is 0 Å². The van der Waals surface area contributed by atoms with Crippen LogP contribution in [0, 0.1) is 5.92 Å². The molecule has 0 spiro atoms. The number of piperidine rings is 1. The van der Waals surface area contributed by atoms with Crippen LogP contribution in [0.25, 0.3) is 0 Å². The van der Waals surface area contributed by atoms with Crippen molar-refractivity contribution in [2.24, 2.45) is 5.92 Å². The van der Waals surface area contributed by atoms with E-state index in [9.17, 15) is 4.79 Å². The predicted octanol–water partition coefficient (Wildman–Crippen LogP) is 2.77. The number of methoxy groups -OCH3 is 1. The van der Waals surface area contributed by atoms with Gasteiger partial charge < -0.3 is 4.74 Å². The minimum absolute atomic E-state index is 0.0149. The minimum Gasteiger partial charge on any atom is -0.469 e. The highest BCUT2D eigenvalue weighted by molar-refractivity contribution is 6.35. The number of likely N-dealkylation sites (tertiary alicyclic amines) is 1. The summed E-state index contributed by atoms with van der Waals surface area (Å²) in [6, 6.07) is 1.74. The smallest absolute Gasteiger partial charge is 0.308 e. The van der Waals surface area contributed by atoms with Crippen LogP contribution in [-0.2, 0) is 16.1 Å². The molecule has 0 N–H and O–H groups in total. The van der Waals surface area contributed by atoms with Crippen molar-refractivity contribution in [2.75, 3.05) is 20.2 Å². The van der Waals surface area contributed by atoms with Crippen LogP contribution in [0.2, 0.25) is 10.2 Å². The number of hydrogen-bond acceptors (Lipinski definition) is 4. The third-order valence-corrected chi connectivity index (χ3v) is 4.13. The van der Waals surface area contributed by atoms with E-state index in [0.717, 1.165) is 31.5 Å². The van der Waals surface area contributed by atoms with Crippen molar-refractivity contribution in [3.05, 3.63) is 28.0 Å². The summed E-state index contributed by atoms with van der Waals surface area (Å²) in [5, 5.41) is 1.08. The van der Waals surface area contributed by atoms with Crippen LogP contribution in [0.1, 0.15) is 18.4 Å². The van der Waals surface area contributed by atoms with Gasteiger partial charge in [-0.1, -0.05) is 23.2 Å². The molecule has 0 amide bonds. The number of aromatic nitrogens is 1. The van der Waals surface area contributed by atoms with Crippen molar-refractivity contribution < 1.29 is 9.53 Å². The minimum atomic E-state index is -0.114. The van der Waals surface area contributed by atoms with Crippen LogP contribution in [-0.4, -0.2) is 36.1 Å². The Morgan fingerprint density at radius 3 is 2.74 bits per heavy atom. The molecule has 104 valence electrons. The number of carbonyl (C=O) groups is 1. The monoisotopic (exact) mass is 302 g/mol. The Morgan fingerprint density at radius 1 is 1.47 bits per heavy atom. The Morgan fingerprint density at radius 2 is 2.16 bits per heavy atom. The quantitative estimate of drug-likeness (QED) is 0.636. The zero-order chi connectivity index (χ0) is 13.8. The lowest BCUT2D eigenvalue weighted by atomic mass is 9.97. The molecule has 2 rings (SSSR count). The number of esters is 1. The van der Waals surface area contributed by atoms with Gasteiger partial charge in [0.2, 0.25) is 0 Å². The summed E-state index contributed by atoms with van der Waals surface area (Å²) in [6.07, 6.45) is 3.21. The second-order valence-electron chi connectivity index (χ2n) is 4.64. The lowest BCUT2D eigenvalue weighted by Gasteiger charge is -2.30. The van der Waals surface area contributed by atoms with Crippen LogP contribution in [0.3, 0.4) is 0 Å². The Labute approximate surface area is 122 Å². The van der Waals surface area contributed by atoms with Crippen LogP contribution in [0.5, 0.6) is 0 Å². The highest BCUT2D eigenvalue weighted by atomic mass is 35.5. The number of nitrogens with zero attached hydrogens (tertiary/aromatic N) is 2. The van der Waals surface area contributed by atoms with Gasteiger partial charge in [0, 0.05) is 23.3 Å². The molecule has 19 heavy (non-hydrogen) atoms. The van der Waals surface area contributed by atoms with Gasteiger partial charge in [-0.05, 0) is 32.0 Å². The van der Waals surface area contributed by atoms with E-state index in [1.54, 1.807) is 12.3 Å². The fraction of sp³-hybridized carbons (Fsp3) is 0.538. The summed E-state index contributed by atoms with van der Waals surface area (Å²) >= 11 is 12.2.